The van der Waals surface area contributed by atoms with Crippen molar-refractivity contribution in [3.8, 4) is 0 Å². The molecule has 0 aliphatic heterocycles. The van der Waals surface area contributed by atoms with Crippen molar-refractivity contribution in [1.82, 2.24) is 0 Å². The summed E-state index contributed by atoms with van der Waals surface area (Å²) in [6.07, 6.45) is 34.1. The topological polar surface area (TPSA) is 0 Å². The van der Waals surface area contributed by atoms with Crippen LogP contribution in [0, 0.1) is 5.92 Å². The molecule has 2 unspecified atom stereocenters. The van der Waals surface area contributed by atoms with Gasteiger partial charge in [0.1, 0.15) is 0 Å². The van der Waals surface area contributed by atoms with Gasteiger partial charge in [-0.25, -0.2) is 0 Å². The summed E-state index contributed by atoms with van der Waals surface area (Å²) >= 11 is 0. The lowest BCUT2D eigenvalue weighted by atomic mass is 9.94. The van der Waals surface area contributed by atoms with Crippen LogP contribution in [0.5, 0.6) is 0 Å². The minimum atomic E-state index is -1.34. The van der Waals surface area contributed by atoms with Crippen molar-refractivity contribution in [2.45, 2.75) is 120 Å². The number of fused-ring (bicyclic) bond motifs is 2. The molecule has 1 heteroatoms. The lowest BCUT2D eigenvalue weighted by Gasteiger charge is -2.34. The van der Waals surface area contributed by atoms with Gasteiger partial charge >= 0.3 is 0 Å². The number of allylic oxidation sites excluding steroid dienone is 8. The zero-order valence-corrected chi connectivity index (χ0v) is 20.2. The Morgan fingerprint density at radius 3 is 2.07 bits per heavy atom. The quantitative estimate of drug-likeness (QED) is 0.399. The molecule has 0 aromatic rings. The largest absolute Gasteiger partial charge is 0.0845 e. The van der Waals surface area contributed by atoms with Crippen LogP contribution in [0.4, 0.5) is 0 Å². The molecule has 0 N–H and O–H groups in total. The highest BCUT2D eigenvalue weighted by Gasteiger charge is 2.44. The predicted octanol–water partition coefficient (Wildman–Crippen LogP) is 9.29. The monoisotopic (exact) mass is 408 g/mol. The van der Waals surface area contributed by atoms with Gasteiger partial charge in [-0.3, -0.25) is 0 Å². The SMILES string of the molecule is C[Si](C)(C1C=C2CCCCCCCCCCC2=C1)C1CC2=CC=CCCCC2C1. The standard InChI is InChI=1S/C28H44Si/c1-29(2,28-21-25-17-13-9-10-14-18-26(25)22-28)27-19-23-15-11-7-5-3-4-6-8-12-16-24(23)20-27/h9,13,17,19-20,26-28H,3-8,10-12,14-16,18,21-22H2,1-2H3. The molecule has 0 radical (unpaired) electrons. The molecule has 0 bridgehead atoms. The third-order valence-corrected chi connectivity index (χ3v) is 13.3. The number of hydrogen-bond donors (Lipinski definition) is 0. The number of rotatable bonds is 2. The summed E-state index contributed by atoms with van der Waals surface area (Å²) in [5.74, 6) is 0.895. The van der Waals surface area contributed by atoms with E-state index in [1.807, 2.05) is 0 Å². The third-order valence-electron chi connectivity index (χ3n) is 8.67. The first-order chi connectivity index (χ1) is 14.1. The fourth-order valence-corrected chi connectivity index (χ4v) is 9.91. The van der Waals surface area contributed by atoms with Crippen molar-refractivity contribution in [3.63, 3.8) is 0 Å². The molecule has 0 nitrogen and oxygen atoms in total. The molecule has 2 atom stereocenters. The lowest BCUT2D eigenvalue weighted by molar-refractivity contribution is 0.543. The first-order valence-corrected chi connectivity index (χ1v) is 16.1. The summed E-state index contributed by atoms with van der Waals surface area (Å²) in [5.41, 5.74) is 7.09. The van der Waals surface area contributed by atoms with Crippen molar-refractivity contribution in [2.75, 3.05) is 0 Å². The van der Waals surface area contributed by atoms with Crippen molar-refractivity contribution >= 4 is 8.07 Å². The summed E-state index contributed by atoms with van der Waals surface area (Å²) in [4.78, 5) is 0. The van der Waals surface area contributed by atoms with Crippen LogP contribution in [0.25, 0.3) is 0 Å². The minimum absolute atomic E-state index is 0.795. The number of hydrogen-bond acceptors (Lipinski definition) is 0. The Labute approximate surface area is 181 Å². The van der Waals surface area contributed by atoms with E-state index in [1.54, 1.807) is 16.7 Å². The molecule has 4 aliphatic carbocycles. The van der Waals surface area contributed by atoms with Crippen LogP contribution in [-0.4, -0.2) is 8.07 Å². The van der Waals surface area contributed by atoms with E-state index in [2.05, 4.69) is 43.5 Å². The maximum atomic E-state index is 2.78. The summed E-state index contributed by atoms with van der Waals surface area (Å²) < 4.78 is 0. The van der Waals surface area contributed by atoms with Gasteiger partial charge in [0.2, 0.25) is 0 Å². The molecule has 0 spiro atoms. The van der Waals surface area contributed by atoms with Crippen LogP contribution in [-0.2, 0) is 0 Å². The second-order valence-electron chi connectivity index (χ2n) is 11.0. The minimum Gasteiger partial charge on any atom is -0.0845 e. The van der Waals surface area contributed by atoms with Crippen molar-refractivity contribution in [2.24, 2.45) is 5.92 Å². The Bertz CT molecular complexity index is 646. The molecule has 2 saturated carbocycles. The zero-order valence-electron chi connectivity index (χ0n) is 19.2. The van der Waals surface area contributed by atoms with E-state index in [0.29, 0.717) is 0 Å². The molecular weight excluding hydrogens is 364 g/mol. The van der Waals surface area contributed by atoms with Crippen molar-refractivity contribution in [1.29, 1.82) is 0 Å². The average molecular weight is 409 g/mol. The second kappa shape index (κ2) is 9.99. The van der Waals surface area contributed by atoms with E-state index in [4.69, 9.17) is 0 Å². The molecule has 29 heavy (non-hydrogen) atoms. The molecule has 0 heterocycles. The maximum Gasteiger partial charge on any atom is 0.0622 e. The van der Waals surface area contributed by atoms with Crippen LogP contribution in [0.15, 0.2) is 47.1 Å². The van der Waals surface area contributed by atoms with Crippen LogP contribution < -0.4 is 0 Å². The van der Waals surface area contributed by atoms with E-state index in [0.717, 1.165) is 17.0 Å². The Morgan fingerprint density at radius 1 is 0.793 bits per heavy atom. The van der Waals surface area contributed by atoms with Gasteiger partial charge in [-0.05, 0) is 85.9 Å². The summed E-state index contributed by atoms with van der Waals surface area (Å²) in [5, 5.41) is 0. The fraction of sp³-hybridized carbons (Fsp3) is 0.714. The van der Waals surface area contributed by atoms with E-state index < -0.39 is 8.07 Å². The maximum absolute atomic E-state index is 2.78. The van der Waals surface area contributed by atoms with Gasteiger partial charge in [0, 0.05) is 0 Å². The van der Waals surface area contributed by atoms with E-state index in [-0.39, 0.29) is 0 Å². The summed E-state index contributed by atoms with van der Waals surface area (Å²) in [7, 11) is -1.34. The molecule has 0 saturated heterocycles. The molecule has 2 fully saturated rings. The van der Waals surface area contributed by atoms with Crippen molar-refractivity contribution in [3.05, 3.63) is 47.1 Å². The molecular formula is C28H44Si. The van der Waals surface area contributed by atoms with Crippen molar-refractivity contribution < 1.29 is 0 Å². The Morgan fingerprint density at radius 2 is 1.41 bits per heavy atom. The molecule has 0 amide bonds. The highest BCUT2D eigenvalue weighted by molar-refractivity contribution is 6.81. The van der Waals surface area contributed by atoms with Gasteiger partial charge in [-0.15, -0.1) is 0 Å². The lowest BCUT2D eigenvalue weighted by Crippen LogP contribution is -2.35. The van der Waals surface area contributed by atoms with Gasteiger partial charge in [0.25, 0.3) is 0 Å². The van der Waals surface area contributed by atoms with Gasteiger partial charge < -0.3 is 0 Å². The van der Waals surface area contributed by atoms with Crippen LogP contribution >= 0.6 is 0 Å². The summed E-state index contributed by atoms with van der Waals surface area (Å²) in [6, 6.07) is 0. The Balaban J connectivity index is 1.47. The third kappa shape index (κ3) is 5.27. The smallest absolute Gasteiger partial charge is 0.0622 e. The Hall–Kier alpha value is -0.823. The van der Waals surface area contributed by atoms with Crippen LogP contribution in [0.1, 0.15) is 96.3 Å². The Kier molecular flexibility index (Phi) is 7.37. The van der Waals surface area contributed by atoms with Gasteiger partial charge in [0.05, 0.1) is 8.07 Å². The molecule has 4 aliphatic rings. The molecule has 160 valence electrons. The fourth-order valence-electron chi connectivity index (χ4n) is 6.45. The zero-order chi connectivity index (χ0) is 20.1. The van der Waals surface area contributed by atoms with E-state index in [9.17, 15) is 0 Å². The summed E-state index contributed by atoms with van der Waals surface area (Å²) in [6.45, 7) is 5.44. The first-order valence-electron chi connectivity index (χ1n) is 12.9. The van der Waals surface area contributed by atoms with Gasteiger partial charge in [-0.1, -0.05) is 87.6 Å². The first kappa shape index (κ1) is 21.4. The molecule has 0 aromatic heterocycles. The average Bonchev–Trinajstić information content (AvgIpc) is 3.26. The van der Waals surface area contributed by atoms with Crippen LogP contribution in [0.3, 0.4) is 0 Å². The van der Waals surface area contributed by atoms with Gasteiger partial charge in [0.15, 0.2) is 0 Å². The second-order valence-corrected chi connectivity index (χ2v) is 16.1. The van der Waals surface area contributed by atoms with E-state index in [1.165, 1.54) is 96.3 Å². The van der Waals surface area contributed by atoms with E-state index >= 15 is 0 Å². The molecule has 0 aromatic carbocycles. The van der Waals surface area contributed by atoms with Gasteiger partial charge in [-0.2, -0.15) is 0 Å². The predicted molar refractivity (Wildman–Crippen MR) is 131 cm³/mol. The molecule has 4 rings (SSSR count). The van der Waals surface area contributed by atoms with Crippen LogP contribution in [0.2, 0.25) is 24.2 Å². The normalized spacial score (nSPS) is 30.1. The highest BCUT2D eigenvalue weighted by atomic mass is 28.3. The highest BCUT2D eigenvalue weighted by Crippen LogP contribution is 2.53.